The number of nitrogens with one attached hydrogen (secondary N) is 1. The zero-order valence-electron chi connectivity index (χ0n) is 9.29. The summed E-state index contributed by atoms with van der Waals surface area (Å²) in [6.07, 6.45) is 1.33. The standard InChI is InChI=1S/C12H16FNO2/c1-9-4-5-11(13)10(8-9)12(16)14-6-2-3-7-15/h4-5,8,15H,2-3,6-7H2,1H3,(H,14,16). The Morgan fingerprint density at radius 1 is 1.44 bits per heavy atom. The van der Waals surface area contributed by atoms with E-state index in [0.29, 0.717) is 19.4 Å². The van der Waals surface area contributed by atoms with Crippen molar-refractivity contribution in [2.75, 3.05) is 13.2 Å². The number of carbonyl (C=O) groups is 1. The molecule has 0 heterocycles. The Morgan fingerprint density at radius 3 is 2.88 bits per heavy atom. The van der Waals surface area contributed by atoms with E-state index in [1.807, 2.05) is 6.92 Å². The smallest absolute Gasteiger partial charge is 0.254 e. The quantitative estimate of drug-likeness (QED) is 0.748. The van der Waals surface area contributed by atoms with Gasteiger partial charge in [0.2, 0.25) is 0 Å². The number of rotatable bonds is 5. The zero-order valence-corrected chi connectivity index (χ0v) is 9.29. The molecule has 0 atom stereocenters. The fourth-order valence-electron chi connectivity index (χ4n) is 1.35. The van der Waals surface area contributed by atoms with Gasteiger partial charge in [0.25, 0.3) is 5.91 Å². The van der Waals surface area contributed by atoms with Gasteiger partial charge < -0.3 is 10.4 Å². The lowest BCUT2D eigenvalue weighted by atomic mass is 10.1. The molecule has 3 nitrogen and oxygen atoms in total. The van der Waals surface area contributed by atoms with Gasteiger partial charge in [0.05, 0.1) is 5.56 Å². The number of benzene rings is 1. The van der Waals surface area contributed by atoms with Crippen LogP contribution in [-0.4, -0.2) is 24.2 Å². The van der Waals surface area contributed by atoms with Gasteiger partial charge in [0, 0.05) is 13.2 Å². The van der Waals surface area contributed by atoms with E-state index in [1.54, 1.807) is 6.07 Å². The van der Waals surface area contributed by atoms with Gasteiger partial charge in [-0.05, 0) is 31.9 Å². The lowest BCUT2D eigenvalue weighted by Gasteiger charge is -2.06. The molecule has 1 aromatic carbocycles. The number of hydrogen-bond donors (Lipinski definition) is 2. The Kier molecular flexibility index (Phi) is 4.92. The predicted molar refractivity (Wildman–Crippen MR) is 59.8 cm³/mol. The average Bonchev–Trinajstić information content (AvgIpc) is 2.27. The number of halogens is 1. The minimum absolute atomic E-state index is 0.0731. The molecule has 1 amide bonds. The molecule has 0 spiro atoms. The van der Waals surface area contributed by atoms with Gasteiger partial charge in [-0.25, -0.2) is 4.39 Å². The van der Waals surface area contributed by atoms with Crippen LogP contribution in [0.25, 0.3) is 0 Å². The van der Waals surface area contributed by atoms with E-state index in [1.165, 1.54) is 12.1 Å². The highest BCUT2D eigenvalue weighted by molar-refractivity contribution is 5.94. The van der Waals surface area contributed by atoms with Crippen LogP contribution in [0.4, 0.5) is 4.39 Å². The van der Waals surface area contributed by atoms with Crippen LogP contribution >= 0.6 is 0 Å². The maximum Gasteiger partial charge on any atom is 0.254 e. The fourth-order valence-corrected chi connectivity index (χ4v) is 1.35. The normalized spacial score (nSPS) is 10.2. The van der Waals surface area contributed by atoms with Gasteiger partial charge in [0.15, 0.2) is 0 Å². The van der Waals surface area contributed by atoms with Crippen LogP contribution in [-0.2, 0) is 0 Å². The number of amides is 1. The van der Waals surface area contributed by atoms with E-state index < -0.39 is 11.7 Å². The Labute approximate surface area is 94.3 Å². The minimum Gasteiger partial charge on any atom is -0.396 e. The number of aryl methyl sites for hydroxylation is 1. The maximum absolute atomic E-state index is 13.3. The molecule has 0 radical (unpaired) electrons. The second-order valence-corrected chi connectivity index (χ2v) is 3.67. The molecule has 2 N–H and O–H groups in total. The second-order valence-electron chi connectivity index (χ2n) is 3.67. The first kappa shape index (κ1) is 12.6. The molecule has 0 aliphatic carbocycles. The summed E-state index contributed by atoms with van der Waals surface area (Å²) in [6.45, 7) is 2.36. The average molecular weight is 225 g/mol. The molecule has 0 bridgehead atoms. The van der Waals surface area contributed by atoms with Crippen LogP contribution in [0.2, 0.25) is 0 Å². The van der Waals surface area contributed by atoms with E-state index in [-0.39, 0.29) is 12.2 Å². The number of aliphatic hydroxyl groups is 1. The Bertz CT molecular complexity index is 366. The van der Waals surface area contributed by atoms with Crippen molar-refractivity contribution in [2.24, 2.45) is 0 Å². The molecule has 16 heavy (non-hydrogen) atoms. The van der Waals surface area contributed by atoms with Gasteiger partial charge in [-0.1, -0.05) is 11.6 Å². The first-order valence-electron chi connectivity index (χ1n) is 5.30. The van der Waals surface area contributed by atoms with Crippen molar-refractivity contribution in [1.82, 2.24) is 5.32 Å². The third-order valence-corrected chi connectivity index (χ3v) is 2.24. The van der Waals surface area contributed by atoms with Gasteiger partial charge in [-0.3, -0.25) is 4.79 Å². The fraction of sp³-hybridized carbons (Fsp3) is 0.417. The minimum atomic E-state index is -0.509. The summed E-state index contributed by atoms with van der Waals surface area (Å²) < 4.78 is 13.3. The highest BCUT2D eigenvalue weighted by atomic mass is 19.1. The van der Waals surface area contributed by atoms with E-state index in [0.717, 1.165) is 5.56 Å². The predicted octanol–water partition coefficient (Wildman–Crippen LogP) is 1.64. The lowest BCUT2D eigenvalue weighted by Crippen LogP contribution is -2.25. The lowest BCUT2D eigenvalue weighted by molar-refractivity contribution is 0.0948. The molecule has 0 aliphatic heterocycles. The molecule has 1 aromatic rings. The van der Waals surface area contributed by atoms with Crippen molar-refractivity contribution in [3.8, 4) is 0 Å². The highest BCUT2D eigenvalue weighted by Gasteiger charge is 2.10. The molecule has 1 rings (SSSR count). The summed E-state index contributed by atoms with van der Waals surface area (Å²) in [7, 11) is 0. The Hall–Kier alpha value is -1.42. The van der Waals surface area contributed by atoms with Crippen LogP contribution in [0, 0.1) is 12.7 Å². The van der Waals surface area contributed by atoms with Gasteiger partial charge >= 0.3 is 0 Å². The first-order valence-corrected chi connectivity index (χ1v) is 5.30. The molecule has 0 saturated heterocycles. The number of unbranched alkanes of at least 4 members (excludes halogenated alkanes) is 1. The molecule has 0 unspecified atom stereocenters. The number of hydrogen-bond acceptors (Lipinski definition) is 2. The van der Waals surface area contributed by atoms with Crippen molar-refractivity contribution in [2.45, 2.75) is 19.8 Å². The maximum atomic E-state index is 13.3. The van der Waals surface area contributed by atoms with E-state index in [9.17, 15) is 9.18 Å². The summed E-state index contributed by atoms with van der Waals surface area (Å²) in [5.41, 5.74) is 0.922. The molecule has 0 fully saturated rings. The molecular formula is C12H16FNO2. The SMILES string of the molecule is Cc1ccc(F)c(C(=O)NCCCCO)c1. The zero-order chi connectivity index (χ0) is 12.0. The van der Waals surface area contributed by atoms with Gasteiger partial charge in [0.1, 0.15) is 5.82 Å². The van der Waals surface area contributed by atoms with Crippen LogP contribution in [0.15, 0.2) is 18.2 Å². The van der Waals surface area contributed by atoms with Crippen molar-refractivity contribution < 1.29 is 14.3 Å². The molecule has 4 heteroatoms. The summed E-state index contributed by atoms with van der Waals surface area (Å²) in [4.78, 5) is 11.6. The summed E-state index contributed by atoms with van der Waals surface area (Å²) in [5.74, 6) is -0.913. The van der Waals surface area contributed by atoms with Crippen LogP contribution in [0.5, 0.6) is 0 Å². The van der Waals surface area contributed by atoms with Crippen LogP contribution in [0.1, 0.15) is 28.8 Å². The third kappa shape index (κ3) is 3.62. The van der Waals surface area contributed by atoms with Crippen molar-refractivity contribution in [1.29, 1.82) is 0 Å². The summed E-state index contributed by atoms with van der Waals surface area (Å²) >= 11 is 0. The largest absolute Gasteiger partial charge is 0.396 e. The molecule has 0 aliphatic rings. The van der Waals surface area contributed by atoms with E-state index in [2.05, 4.69) is 5.32 Å². The monoisotopic (exact) mass is 225 g/mol. The van der Waals surface area contributed by atoms with Crippen molar-refractivity contribution in [3.63, 3.8) is 0 Å². The van der Waals surface area contributed by atoms with Crippen LogP contribution in [0.3, 0.4) is 0 Å². The first-order chi connectivity index (χ1) is 7.65. The highest BCUT2D eigenvalue weighted by Crippen LogP contribution is 2.09. The van der Waals surface area contributed by atoms with Gasteiger partial charge in [-0.15, -0.1) is 0 Å². The second kappa shape index (κ2) is 6.23. The number of aliphatic hydroxyl groups excluding tert-OH is 1. The van der Waals surface area contributed by atoms with Crippen LogP contribution < -0.4 is 5.32 Å². The molecule has 0 aromatic heterocycles. The van der Waals surface area contributed by atoms with Crippen molar-refractivity contribution in [3.05, 3.63) is 35.1 Å². The molecule has 0 saturated carbocycles. The summed E-state index contributed by atoms with van der Waals surface area (Å²) in [5, 5.41) is 11.2. The Morgan fingerprint density at radius 2 is 2.19 bits per heavy atom. The van der Waals surface area contributed by atoms with E-state index in [4.69, 9.17) is 5.11 Å². The van der Waals surface area contributed by atoms with Crippen molar-refractivity contribution >= 4 is 5.91 Å². The van der Waals surface area contributed by atoms with E-state index >= 15 is 0 Å². The molecule has 88 valence electrons. The summed E-state index contributed by atoms with van der Waals surface area (Å²) in [6, 6.07) is 4.44. The van der Waals surface area contributed by atoms with Gasteiger partial charge in [-0.2, -0.15) is 0 Å². The topological polar surface area (TPSA) is 49.3 Å². The Balaban J connectivity index is 2.55. The third-order valence-electron chi connectivity index (χ3n) is 2.24. The number of carbonyl (C=O) groups excluding carboxylic acids is 1. The molecular weight excluding hydrogens is 209 g/mol.